The molecule has 1 aliphatic heterocycles. The molecule has 1 aromatic heterocycles. The highest BCUT2D eigenvalue weighted by Gasteiger charge is 2.14. The van der Waals surface area contributed by atoms with Crippen molar-refractivity contribution in [3.63, 3.8) is 0 Å². The Morgan fingerprint density at radius 1 is 1.20 bits per heavy atom. The van der Waals surface area contributed by atoms with Crippen LogP contribution in [0.1, 0.15) is 62.8 Å². The molecule has 9 heteroatoms. The number of aliphatic imine (C=N–C) groups is 1. The van der Waals surface area contributed by atoms with E-state index in [0.717, 1.165) is 62.1 Å². The first-order chi connectivity index (χ1) is 14.1. The molecule has 0 aliphatic carbocycles. The molecule has 1 atom stereocenters. The van der Waals surface area contributed by atoms with Crippen molar-refractivity contribution in [2.45, 2.75) is 65.0 Å². The van der Waals surface area contributed by atoms with Crippen LogP contribution in [0.2, 0.25) is 10.0 Å². The predicted molar refractivity (Wildman–Crippen MR) is 135 cm³/mol. The van der Waals surface area contributed by atoms with Gasteiger partial charge in [0.2, 0.25) is 0 Å². The van der Waals surface area contributed by atoms with E-state index in [-0.39, 0.29) is 30.0 Å². The number of guanidine groups is 1. The molecule has 0 saturated heterocycles. The van der Waals surface area contributed by atoms with Gasteiger partial charge in [0.25, 0.3) is 0 Å². The van der Waals surface area contributed by atoms with Gasteiger partial charge in [0.05, 0.1) is 16.1 Å². The Balaban J connectivity index is 0.00000320. The Hall–Kier alpha value is -1.06. The van der Waals surface area contributed by atoms with Crippen molar-refractivity contribution in [2.24, 2.45) is 4.99 Å². The van der Waals surface area contributed by atoms with Crippen molar-refractivity contribution in [3.05, 3.63) is 45.5 Å². The maximum Gasteiger partial charge on any atom is 0.191 e. The molecule has 6 nitrogen and oxygen atoms in total. The molecule has 166 valence electrons. The van der Waals surface area contributed by atoms with Crippen LogP contribution in [0, 0.1) is 0 Å². The molecule has 1 aromatic carbocycles. The Kier molecular flexibility index (Phi) is 10.7. The molecule has 1 unspecified atom stereocenters. The first kappa shape index (κ1) is 25.2. The van der Waals surface area contributed by atoms with Crippen molar-refractivity contribution in [1.82, 2.24) is 25.4 Å². The van der Waals surface area contributed by atoms with Gasteiger partial charge in [-0.2, -0.15) is 0 Å². The molecule has 2 aromatic rings. The normalized spacial score (nSPS) is 15.0. The molecule has 2 N–H and O–H groups in total. The summed E-state index contributed by atoms with van der Waals surface area (Å²) in [5.41, 5.74) is 1.07. The van der Waals surface area contributed by atoms with Crippen molar-refractivity contribution < 1.29 is 0 Å². The number of halogens is 3. The Morgan fingerprint density at radius 3 is 2.80 bits per heavy atom. The third-order valence-corrected chi connectivity index (χ3v) is 5.89. The Bertz CT molecular complexity index is 839. The van der Waals surface area contributed by atoms with Crippen LogP contribution in [0.3, 0.4) is 0 Å². The fraction of sp³-hybridized carbons (Fsp3) is 0.571. The Labute approximate surface area is 206 Å². The van der Waals surface area contributed by atoms with Crippen molar-refractivity contribution in [1.29, 1.82) is 0 Å². The summed E-state index contributed by atoms with van der Waals surface area (Å²) in [6, 6.07) is 5.76. The smallest absolute Gasteiger partial charge is 0.191 e. The summed E-state index contributed by atoms with van der Waals surface area (Å²) < 4.78 is 2.31. The van der Waals surface area contributed by atoms with Gasteiger partial charge in [-0.1, -0.05) is 35.7 Å². The molecule has 2 heterocycles. The molecule has 0 saturated carbocycles. The van der Waals surface area contributed by atoms with Crippen molar-refractivity contribution in [2.75, 3.05) is 13.1 Å². The maximum atomic E-state index is 6.15. The monoisotopic (exact) mass is 564 g/mol. The summed E-state index contributed by atoms with van der Waals surface area (Å²) in [5, 5.41) is 16.7. The van der Waals surface area contributed by atoms with E-state index in [1.807, 2.05) is 18.2 Å². The third kappa shape index (κ3) is 6.99. The van der Waals surface area contributed by atoms with Gasteiger partial charge in [-0.25, -0.2) is 0 Å². The standard InChI is InChI=1S/C21H30Cl2N6.HI/c1-3-24-21(26-15(2)16-10-11-17(22)18(23)14-16)25-12-7-9-20-28-27-19-8-5-4-6-13-29(19)20;/h10-11,14-15H,3-9,12-13H2,1-2H3,(H2,24,25,26);1H. The lowest BCUT2D eigenvalue weighted by molar-refractivity contribution is 0.597. The van der Waals surface area contributed by atoms with Crippen LogP contribution in [0.4, 0.5) is 0 Å². The zero-order valence-corrected chi connectivity index (χ0v) is 21.5. The number of aryl methyl sites for hydroxylation is 2. The second kappa shape index (κ2) is 12.7. The van der Waals surface area contributed by atoms with Gasteiger partial charge in [0.15, 0.2) is 5.96 Å². The van der Waals surface area contributed by atoms with E-state index in [2.05, 4.69) is 39.2 Å². The summed E-state index contributed by atoms with van der Waals surface area (Å²) in [5.74, 6) is 3.04. The third-order valence-electron chi connectivity index (χ3n) is 5.16. The van der Waals surface area contributed by atoms with Gasteiger partial charge in [-0.15, -0.1) is 34.2 Å². The first-order valence-corrected chi connectivity index (χ1v) is 11.2. The van der Waals surface area contributed by atoms with Crippen LogP contribution in [-0.4, -0.2) is 33.8 Å². The number of fused-ring (bicyclic) bond motifs is 1. The van der Waals surface area contributed by atoms with E-state index in [1.165, 1.54) is 19.3 Å². The molecule has 0 spiro atoms. The molecule has 0 bridgehead atoms. The average molecular weight is 565 g/mol. The number of nitrogens with zero attached hydrogens (tertiary/aromatic N) is 4. The van der Waals surface area contributed by atoms with Gasteiger partial charge in [-0.3, -0.25) is 4.99 Å². The number of aromatic nitrogens is 3. The van der Waals surface area contributed by atoms with E-state index in [4.69, 9.17) is 28.2 Å². The van der Waals surface area contributed by atoms with Gasteiger partial charge >= 0.3 is 0 Å². The van der Waals surface area contributed by atoms with Crippen molar-refractivity contribution in [3.8, 4) is 0 Å². The highest BCUT2D eigenvalue weighted by molar-refractivity contribution is 14.0. The SMILES string of the molecule is CCNC(=NCCCc1nnc2n1CCCCC2)NC(C)c1ccc(Cl)c(Cl)c1.I. The fourth-order valence-electron chi connectivity index (χ4n) is 3.55. The molecule has 0 amide bonds. The maximum absolute atomic E-state index is 6.15. The quantitative estimate of drug-likeness (QED) is 0.210. The lowest BCUT2D eigenvalue weighted by atomic mass is 10.1. The van der Waals surface area contributed by atoms with E-state index in [0.29, 0.717) is 10.0 Å². The van der Waals surface area contributed by atoms with E-state index in [9.17, 15) is 0 Å². The topological polar surface area (TPSA) is 67.1 Å². The predicted octanol–water partition coefficient (Wildman–Crippen LogP) is 5.18. The highest BCUT2D eigenvalue weighted by Crippen LogP contribution is 2.25. The second-order valence-electron chi connectivity index (χ2n) is 7.40. The van der Waals surface area contributed by atoms with Crippen LogP contribution < -0.4 is 10.6 Å². The van der Waals surface area contributed by atoms with Gasteiger partial charge in [-0.05, 0) is 50.8 Å². The summed E-state index contributed by atoms with van der Waals surface area (Å²) in [6.07, 6.45) is 6.61. The molecular formula is C21H31Cl2IN6. The van der Waals surface area contributed by atoms with E-state index in [1.54, 1.807) is 0 Å². The van der Waals surface area contributed by atoms with Crippen LogP contribution >= 0.6 is 47.2 Å². The number of benzene rings is 1. The first-order valence-electron chi connectivity index (χ1n) is 10.5. The zero-order valence-electron chi connectivity index (χ0n) is 17.6. The van der Waals surface area contributed by atoms with Crippen LogP contribution in [0.15, 0.2) is 23.2 Å². The lowest BCUT2D eigenvalue weighted by Crippen LogP contribution is -2.38. The molecule has 1 aliphatic rings. The van der Waals surface area contributed by atoms with E-state index < -0.39 is 0 Å². The minimum absolute atomic E-state index is 0. The minimum atomic E-state index is 0. The summed E-state index contributed by atoms with van der Waals surface area (Å²) in [4.78, 5) is 4.73. The fourth-order valence-corrected chi connectivity index (χ4v) is 3.85. The van der Waals surface area contributed by atoms with Crippen LogP contribution in [0.5, 0.6) is 0 Å². The van der Waals surface area contributed by atoms with Gasteiger partial charge in [0.1, 0.15) is 11.6 Å². The highest BCUT2D eigenvalue weighted by atomic mass is 127. The number of hydrogen-bond donors (Lipinski definition) is 2. The van der Waals surface area contributed by atoms with Crippen LogP contribution in [-0.2, 0) is 19.4 Å². The van der Waals surface area contributed by atoms with Gasteiger partial charge < -0.3 is 15.2 Å². The summed E-state index contributed by atoms with van der Waals surface area (Å²) >= 11 is 12.2. The van der Waals surface area contributed by atoms with Gasteiger partial charge in [0, 0.05) is 32.5 Å². The Morgan fingerprint density at radius 2 is 2.03 bits per heavy atom. The van der Waals surface area contributed by atoms with E-state index >= 15 is 0 Å². The minimum Gasteiger partial charge on any atom is -0.357 e. The molecular weight excluding hydrogens is 534 g/mol. The lowest BCUT2D eigenvalue weighted by Gasteiger charge is -2.18. The number of hydrogen-bond acceptors (Lipinski definition) is 3. The second-order valence-corrected chi connectivity index (χ2v) is 8.21. The van der Waals surface area contributed by atoms with Crippen molar-refractivity contribution >= 4 is 53.1 Å². The summed E-state index contributed by atoms with van der Waals surface area (Å²) in [7, 11) is 0. The number of nitrogens with one attached hydrogen (secondary N) is 2. The zero-order chi connectivity index (χ0) is 20.6. The molecule has 30 heavy (non-hydrogen) atoms. The average Bonchev–Trinajstić information content (AvgIpc) is 2.93. The molecule has 0 radical (unpaired) electrons. The molecule has 3 rings (SSSR count). The largest absolute Gasteiger partial charge is 0.357 e. The molecule has 0 fully saturated rings. The number of rotatable bonds is 7. The van der Waals surface area contributed by atoms with Crippen LogP contribution in [0.25, 0.3) is 0 Å². The summed E-state index contributed by atoms with van der Waals surface area (Å²) in [6.45, 7) is 6.72.